The van der Waals surface area contributed by atoms with Crippen molar-refractivity contribution in [2.24, 2.45) is 5.10 Å². The largest absolute Gasteiger partial charge is 0.467 e. The first-order valence-electron chi connectivity index (χ1n) is 10.3. The number of furan rings is 2. The van der Waals surface area contributed by atoms with E-state index >= 15 is 0 Å². The van der Waals surface area contributed by atoms with Crippen molar-refractivity contribution in [2.75, 3.05) is 5.75 Å². The Labute approximate surface area is 193 Å². The summed E-state index contributed by atoms with van der Waals surface area (Å²) in [6, 6.07) is 15.0. The van der Waals surface area contributed by atoms with Crippen LogP contribution in [-0.4, -0.2) is 32.3 Å². The lowest BCUT2D eigenvalue weighted by atomic mass is 10.1. The number of nitrogens with zero attached hydrogens (tertiary/aromatic N) is 5. The molecule has 4 aromatic rings. The zero-order valence-corrected chi connectivity index (χ0v) is 18.8. The summed E-state index contributed by atoms with van der Waals surface area (Å²) < 4.78 is 11.6. The van der Waals surface area contributed by atoms with Gasteiger partial charge in [0.25, 0.3) is 5.91 Å². The molecule has 1 atom stereocenters. The number of aryl methyl sites for hydroxylation is 2. The maximum Gasteiger partial charge on any atom is 0.253 e. The number of fused-ring (bicyclic) bond motifs is 1. The van der Waals surface area contributed by atoms with Crippen LogP contribution in [0.4, 0.5) is 0 Å². The predicted octanol–water partition coefficient (Wildman–Crippen LogP) is 4.77. The minimum absolute atomic E-state index is 0.0681. The normalized spacial score (nSPS) is 15.6. The molecule has 8 nitrogen and oxygen atoms in total. The molecule has 164 valence electrons. The molecule has 0 aliphatic carbocycles. The number of aromatic nitrogens is 2. The van der Waals surface area contributed by atoms with Crippen LogP contribution in [0.3, 0.4) is 0 Å². The number of carbonyl (C=O) groups excluding carboxylic acids is 1. The van der Waals surface area contributed by atoms with E-state index in [4.69, 9.17) is 8.83 Å². The molecule has 0 saturated heterocycles. The van der Waals surface area contributed by atoms with Crippen molar-refractivity contribution in [3.8, 4) is 6.07 Å². The second-order valence-electron chi connectivity index (χ2n) is 7.61. The minimum Gasteiger partial charge on any atom is -0.467 e. The molecule has 0 saturated carbocycles. The lowest BCUT2D eigenvalue weighted by molar-refractivity contribution is -0.130. The van der Waals surface area contributed by atoms with Gasteiger partial charge in [-0.05, 0) is 38.1 Å². The van der Waals surface area contributed by atoms with Gasteiger partial charge < -0.3 is 8.83 Å². The van der Waals surface area contributed by atoms with E-state index in [9.17, 15) is 10.1 Å². The molecule has 9 heteroatoms. The molecule has 1 aromatic carbocycles. The first-order valence-corrected chi connectivity index (χ1v) is 11.3. The highest BCUT2D eigenvalue weighted by atomic mass is 32.2. The Morgan fingerprint density at radius 3 is 2.85 bits per heavy atom. The van der Waals surface area contributed by atoms with Crippen molar-refractivity contribution < 1.29 is 13.6 Å². The highest BCUT2D eigenvalue weighted by Crippen LogP contribution is 2.35. The van der Waals surface area contributed by atoms with Gasteiger partial charge in [0.2, 0.25) is 0 Å². The fraction of sp³-hybridized carbons (Fsp3) is 0.208. The molecule has 33 heavy (non-hydrogen) atoms. The Morgan fingerprint density at radius 1 is 1.24 bits per heavy atom. The van der Waals surface area contributed by atoms with Crippen LogP contribution in [0.2, 0.25) is 0 Å². The van der Waals surface area contributed by atoms with Crippen LogP contribution in [0.1, 0.15) is 41.1 Å². The van der Waals surface area contributed by atoms with Gasteiger partial charge in [-0.25, -0.2) is 15.0 Å². The SMILES string of the molecule is Cc1nc(C)c(C#N)c(SCC(=O)N2N=C(c3cc4ccccc4o3)CC2c2ccco2)n1. The van der Waals surface area contributed by atoms with Crippen LogP contribution in [0.5, 0.6) is 0 Å². The van der Waals surface area contributed by atoms with Gasteiger partial charge in [0, 0.05) is 11.8 Å². The Hall–Kier alpha value is -3.90. The van der Waals surface area contributed by atoms with Gasteiger partial charge in [-0.2, -0.15) is 10.4 Å². The first kappa shape index (κ1) is 21.0. The van der Waals surface area contributed by atoms with Crippen molar-refractivity contribution >= 4 is 34.3 Å². The van der Waals surface area contributed by atoms with Crippen molar-refractivity contribution in [1.29, 1.82) is 5.26 Å². The summed E-state index contributed by atoms with van der Waals surface area (Å²) in [4.78, 5) is 21.8. The summed E-state index contributed by atoms with van der Waals surface area (Å²) in [5.74, 6) is 1.68. The van der Waals surface area contributed by atoms with E-state index in [0.29, 0.717) is 45.8 Å². The lowest BCUT2D eigenvalue weighted by Gasteiger charge is -2.19. The van der Waals surface area contributed by atoms with E-state index in [0.717, 1.165) is 11.0 Å². The highest BCUT2D eigenvalue weighted by molar-refractivity contribution is 8.00. The second-order valence-corrected chi connectivity index (χ2v) is 8.57. The number of para-hydroxylation sites is 1. The molecular weight excluding hydrogens is 438 g/mol. The summed E-state index contributed by atoms with van der Waals surface area (Å²) >= 11 is 1.21. The summed E-state index contributed by atoms with van der Waals surface area (Å²) in [5, 5.41) is 17.0. The van der Waals surface area contributed by atoms with Gasteiger partial charge in [-0.1, -0.05) is 30.0 Å². The maximum atomic E-state index is 13.2. The average Bonchev–Trinajstić information content (AvgIpc) is 3.55. The van der Waals surface area contributed by atoms with E-state index < -0.39 is 0 Å². The van der Waals surface area contributed by atoms with Crippen molar-refractivity contribution in [3.63, 3.8) is 0 Å². The number of hydrogen-bond donors (Lipinski definition) is 0. The van der Waals surface area contributed by atoms with Crippen molar-refractivity contribution in [3.05, 3.63) is 77.3 Å². The molecule has 4 heterocycles. The third kappa shape index (κ3) is 4.01. The molecule has 0 spiro atoms. The lowest BCUT2D eigenvalue weighted by Crippen LogP contribution is -2.28. The smallest absolute Gasteiger partial charge is 0.253 e. The second kappa shape index (κ2) is 8.56. The zero-order valence-electron chi connectivity index (χ0n) is 18.0. The highest BCUT2D eigenvalue weighted by Gasteiger charge is 2.36. The summed E-state index contributed by atoms with van der Waals surface area (Å²) in [5.41, 5.74) is 2.43. The fourth-order valence-electron chi connectivity index (χ4n) is 3.83. The van der Waals surface area contributed by atoms with Crippen LogP contribution in [0.25, 0.3) is 11.0 Å². The Morgan fingerprint density at radius 2 is 2.09 bits per heavy atom. The topological polar surface area (TPSA) is 109 Å². The predicted molar refractivity (Wildman–Crippen MR) is 123 cm³/mol. The Kier molecular flexibility index (Phi) is 5.44. The molecule has 0 fully saturated rings. The average molecular weight is 458 g/mol. The number of amides is 1. The van der Waals surface area contributed by atoms with Crippen LogP contribution in [0.15, 0.2) is 67.7 Å². The van der Waals surface area contributed by atoms with Crippen molar-refractivity contribution in [1.82, 2.24) is 15.0 Å². The molecule has 1 aliphatic rings. The molecule has 0 radical (unpaired) electrons. The molecule has 1 unspecified atom stereocenters. The number of thioether (sulfide) groups is 1. The monoisotopic (exact) mass is 457 g/mol. The molecule has 5 rings (SSSR count). The van der Waals surface area contributed by atoms with Gasteiger partial charge in [0.1, 0.15) is 45.6 Å². The summed E-state index contributed by atoms with van der Waals surface area (Å²) in [6.45, 7) is 3.52. The van der Waals surface area contributed by atoms with E-state index in [1.54, 1.807) is 26.2 Å². The van der Waals surface area contributed by atoms with E-state index in [1.807, 2.05) is 36.4 Å². The molecule has 0 N–H and O–H groups in total. The van der Waals surface area contributed by atoms with Crippen LogP contribution in [0, 0.1) is 25.2 Å². The number of nitriles is 1. The molecule has 1 aliphatic heterocycles. The minimum atomic E-state index is -0.374. The standard InChI is InChI=1S/C24H19N5O3S/c1-14-17(12-25)24(27-15(2)26-14)33-13-23(30)29-19(21-8-5-9-31-21)11-18(28-29)22-10-16-6-3-4-7-20(16)32-22/h3-10,19H,11,13H2,1-2H3. The third-order valence-corrected chi connectivity index (χ3v) is 6.32. The van der Waals surface area contributed by atoms with Gasteiger partial charge in [0.15, 0.2) is 5.76 Å². The number of rotatable bonds is 5. The Bertz CT molecular complexity index is 1380. The van der Waals surface area contributed by atoms with Crippen LogP contribution in [-0.2, 0) is 4.79 Å². The van der Waals surface area contributed by atoms with Crippen LogP contribution >= 0.6 is 11.8 Å². The third-order valence-electron chi connectivity index (χ3n) is 5.36. The quantitative estimate of drug-likeness (QED) is 0.313. The number of benzene rings is 1. The van der Waals surface area contributed by atoms with E-state index in [2.05, 4.69) is 21.1 Å². The molecule has 1 amide bonds. The van der Waals surface area contributed by atoms with E-state index in [1.165, 1.54) is 16.8 Å². The fourth-order valence-corrected chi connectivity index (χ4v) is 4.75. The van der Waals surface area contributed by atoms with Gasteiger partial charge >= 0.3 is 0 Å². The maximum absolute atomic E-state index is 13.2. The first-order chi connectivity index (χ1) is 16.0. The number of hydrazone groups is 1. The molecule has 3 aromatic heterocycles. The van der Waals surface area contributed by atoms with Crippen molar-refractivity contribution in [2.45, 2.75) is 31.3 Å². The summed E-state index contributed by atoms with van der Waals surface area (Å²) in [6.07, 6.45) is 2.05. The Balaban J connectivity index is 1.42. The van der Waals surface area contributed by atoms with Gasteiger partial charge in [-0.3, -0.25) is 4.79 Å². The number of carbonyl (C=O) groups is 1. The summed E-state index contributed by atoms with van der Waals surface area (Å²) in [7, 11) is 0. The van der Waals surface area contributed by atoms with E-state index in [-0.39, 0.29) is 17.7 Å². The zero-order chi connectivity index (χ0) is 22.9. The number of hydrogen-bond acceptors (Lipinski definition) is 8. The molecular formula is C24H19N5O3S. The van der Waals surface area contributed by atoms with Crippen LogP contribution < -0.4 is 0 Å². The molecule has 0 bridgehead atoms. The van der Waals surface area contributed by atoms with Gasteiger partial charge in [0.05, 0.1) is 17.7 Å². The van der Waals surface area contributed by atoms with Gasteiger partial charge in [-0.15, -0.1) is 0 Å².